The first-order chi connectivity index (χ1) is 11.9. The van der Waals surface area contributed by atoms with E-state index in [9.17, 15) is 17.6 Å². The molecule has 25 heavy (non-hydrogen) atoms. The monoisotopic (exact) mass is 356 g/mol. The minimum Gasteiger partial charge on any atom is -0.203 e. The molecule has 0 bridgehead atoms. The number of hydrogen-bond acceptors (Lipinski definition) is 0. The summed E-state index contributed by atoms with van der Waals surface area (Å²) in [6.45, 7) is 4.02. The van der Waals surface area contributed by atoms with Crippen LogP contribution in [0.5, 0.6) is 0 Å². The van der Waals surface area contributed by atoms with Gasteiger partial charge in [-0.3, -0.25) is 0 Å². The van der Waals surface area contributed by atoms with Gasteiger partial charge in [0.05, 0.1) is 5.56 Å². The van der Waals surface area contributed by atoms with E-state index in [-0.39, 0.29) is 17.9 Å². The molecule has 140 valence electrons. The first-order valence-electron chi connectivity index (χ1n) is 9.78. The van der Waals surface area contributed by atoms with E-state index >= 15 is 0 Å². The third kappa shape index (κ3) is 3.33. The second kappa shape index (κ2) is 7.28. The Morgan fingerprint density at radius 2 is 1.68 bits per heavy atom. The van der Waals surface area contributed by atoms with Crippen molar-refractivity contribution in [3.63, 3.8) is 0 Å². The molecule has 0 nitrogen and oxygen atoms in total. The zero-order valence-corrected chi connectivity index (χ0v) is 15.2. The van der Waals surface area contributed by atoms with Crippen LogP contribution in [-0.4, -0.2) is 0 Å². The summed E-state index contributed by atoms with van der Waals surface area (Å²) in [5.74, 6) is -5.97. The molecule has 1 fully saturated rings. The summed E-state index contributed by atoms with van der Waals surface area (Å²) in [5, 5.41) is 0. The van der Waals surface area contributed by atoms with E-state index in [0.29, 0.717) is 24.3 Å². The average molecular weight is 356 g/mol. The number of alkyl halides is 2. The Morgan fingerprint density at radius 1 is 1.00 bits per heavy atom. The standard InChI is InChI=1S/C21H28F4/c1-3-5-13-7-9-14(10-8-13)17-12-16-11-15(6-4-2)19(22)20(23)18(16)21(17,24)25/h11,13-14,17H,3-10,12H2,1-2H3. The molecule has 0 amide bonds. The highest BCUT2D eigenvalue weighted by atomic mass is 19.3. The molecule has 1 aromatic carbocycles. The lowest BCUT2D eigenvalue weighted by atomic mass is 9.73. The number of rotatable bonds is 5. The molecular formula is C21H28F4. The number of fused-ring (bicyclic) bond motifs is 1. The van der Waals surface area contributed by atoms with Crippen LogP contribution in [-0.2, 0) is 18.8 Å². The Bertz CT molecular complexity index is 615. The molecule has 0 heterocycles. The fourth-order valence-corrected chi connectivity index (χ4v) is 5.01. The van der Waals surface area contributed by atoms with Gasteiger partial charge in [0, 0.05) is 5.92 Å². The molecule has 2 aliphatic carbocycles. The minimum atomic E-state index is -3.26. The zero-order valence-electron chi connectivity index (χ0n) is 15.2. The van der Waals surface area contributed by atoms with Crippen molar-refractivity contribution in [2.75, 3.05) is 0 Å². The van der Waals surface area contributed by atoms with Crippen molar-refractivity contribution >= 4 is 0 Å². The number of halogens is 4. The highest BCUT2D eigenvalue weighted by Gasteiger charge is 2.54. The molecule has 0 spiro atoms. The summed E-state index contributed by atoms with van der Waals surface area (Å²) in [6, 6.07) is 1.49. The zero-order chi connectivity index (χ0) is 18.2. The van der Waals surface area contributed by atoms with Gasteiger partial charge in [0.15, 0.2) is 11.6 Å². The van der Waals surface area contributed by atoms with Crippen LogP contribution in [0.25, 0.3) is 0 Å². The summed E-state index contributed by atoms with van der Waals surface area (Å²) >= 11 is 0. The fourth-order valence-electron chi connectivity index (χ4n) is 5.01. The van der Waals surface area contributed by atoms with E-state index in [4.69, 9.17) is 0 Å². The smallest absolute Gasteiger partial charge is 0.203 e. The molecule has 1 saturated carbocycles. The normalized spacial score (nSPS) is 28.2. The van der Waals surface area contributed by atoms with Crippen molar-refractivity contribution in [2.45, 2.75) is 77.6 Å². The van der Waals surface area contributed by atoms with E-state index in [1.165, 1.54) is 6.07 Å². The van der Waals surface area contributed by atoms with Crippen LogP contribution in [0.2, 0.25) is 0 Å². The topological polar surface area (TPSA) is 0 Å². The van der Waals surface area contributed by atoms with E-state index in [1.807, 2.05) is 6.92 Å². The maximum atomic E-state index is 15.0. The third-order valence-electron chi connectivity index (χ3n) is 6.28. The van der Waals surface area contributed by atoms with Gasteiger partial charge in [-0.25, -0.2) is 17.6 Å². The van der Waals surface area contributed by atoms with Gasteiger partial charge >= 0.3 is 0 Å². The van der Waals surface area contributed by atoms with E-state index < -0.39 is 29.0 Å². The van der Waals surface area contributed by atoms with Gasteiger partial charge in [-0.1, -0.05) is 52.0 Å². The average Bonchev–Trinajstić information content (AvgIpc) is 2.84. The maximum Gasteiger partial charge on any atom is 0.279 e. The number of aryl methyl sites for hydroxylation is 1. The van der Waals surface area contributed by atoms with Crippen LogP contribution in [0.4, 0.5) is 17.6 Å². The van der Waals surface area contributed by atoms with Crippen LogP contribution >= 0.6 is 0 Å². The molecule has 2 aliphatic rings. The summed E-state index contributed by atoms with van der Waals surface area (Å²) in [5.41, 5.74) is -0.0968. The molecular weight excluding hydrogens is 328 g/mol. The Kier molecular flexibility index (Phi) is 5.45. The van der Waals surface area contributed by atoms with Crippen molar-refractivity contribution in [3.05, 3.63) is 34.4 Å². The summed E-state index contributed by atoms with van der Waals surface area (Å²) in [4.78, 5) is 0. The third-order valence-corrected chi connectivity index (χ3v) is 6.28. The van der Waals surface area contributed by atoms with Gasteiger partial charge in [-0.2, -0.15) is 0 Å². The van der Waals surface area contributed by atoms with Crippen molar-refractivity contribution in [2.24, 2.45) is 17.8 Å². The Balaban J connectivity index is 1.84. The lowest BCUT2D eigenvalue weighted by molar-refractivity contribution is -0.0843. The molecule has 1 aromatic rings. The summed E-state index contributed by atoms with van der Waals surface area (Å²) < 4.78 is 58.6. The Labute approximate surface area is 148 Å². The molecule has 0 aliphatic heterocycles. The quantitative estimate of drug-likeness (QED) is 0.510. The molecule has 4 heteroatoms. The van der Waals surface area contributed by atoms with Gasteiger partial charge in [0.2, 0.25) is 0 Å². The predicted molar refractivity (Wildman–Crippen MR) is 91.8 cm³/mol. The fraction of sp³-hybridized carbons (Fsp3) is 0.714. The highest BCUT2D eigenvalue weighted by Crippen LogP contribution is 2.54. The lowest BCUT2D eigenvalue weighted by Crippen LogP contribution is -2.31. The second-order valence-corrected chi connectivity index (χ2v) is 7.95. The van der Waals surface area contributed by atoms with Crippen molar-refractivity contribution in [1.82, 2.24) is 0 Å². The van der Waals surface area contributed by atoms with Crippen LogP contribution in [0.1, 0.15) is 75.5 Å². The first kappa shape index (κ1) is 18.7. The van der Waals surface area contributed by atoms with E-state index in [1.54, 1.807) is 0 Å². The van der Waals surface area contributed by atoms with Crippen molar-refractivity contribution in [3.8, 4) is 0 Å². The molecule has 0 saturated heterocycles. The molecule has 0 radical (unpaired) electrons. The van der Waals surface area contributed by atoms with Crippen LogP contribution < -0.4 is 0 Å². The number of benzene rings is 1. The highest BCUT2D eigenvalue weighted by molar-refractivity contribution is 5.42. The summed E-state index contributed by atoms with van der Waals surface area (Å²) in [7, 11) is 0. The SMILES string of the molecule is CCCc1cc2c(c(F)c1F)C(F)(F)C(C1CCC(CCC)CC1)C2. The van der Waals surface area contributed by atoms with Gasteiger partial charge in [-0.15, -0.1) is 0 Å². The van der Waals surface area contributed by atoms with Crippen LogP contribution in [0.3, 0.4) is 0 Å². The maximum absolute atomic E-state index is 15.0. The second-order valence-electron chi connectivity index (χ2n) is 7.95. The summed E-state index contributed by atoms with van der Waals surface area (Å²) in [6.07, 6.45) is 7.05. The van der Waals surface area contributed by atoms with E-state index in [0.717, 1.165) is 38.5 Å². The Morgan fingerprint density at radius 3 is 2.28 bits per heavy atom. The Hall–Kier alpha value is -1.06. The predicted octanol–water partition coefficient (Wildman–Crippen LogP) is 6.79. The molecule has 3 rings (SSSR count). The van der Waals surface area contributed by atoms with Gasteiger partial charge in [0.1, 0.15) is 0 Å². The lowest BCUT2D eigenvalue weighted by Gasteiger charge is -2.34. The van der Waals surface area contributed by atoms with Crippen LogP contribution in [0, 0.1) is 29.4 Å². The minimum absolute atomic E-state index is 0.0902. The van der Waals surface area contributed by atoms with Gasteiger partial charge < -0.3 is 0 Å². The molecule has 1 atom stereocenters. The largest absolute Gasteiger partial charge is 0.279 e. The number of hydrogen-bond donors (Lipinski definition) is 0. The van der Waals surface area contributed by atoms with Gasteiger partial charge in [0.25, 0.3) is 5.92 Å². The van der Waals surface area contributed by atoms with Gasteiger partial charge in [-0.05, 0) is 48.6 Å². The molecule has 0 N–H and O–H groups in total. The molecule has 1 unspecified atom stereocenters. The van der Waals surface area contributed by atoms with Crippen molar-refractivity contribution in [1.29, 1.82) is 0 Å². The van der Waals surface area contributed by atoms with Crippen LogP contribution in [0.15, 0.2) is 6.07 Å². The molecule has 0 aromatic heterocycles. The first-order valence-corrected chi connectivity index (χ1v) is 9.78. The van der Waals surface area contributed by atoms with Crippen molar-refractivity contribution < 1.29 is 17.6 Å². The van der Waals surface area contributed by atoms with E-state index in [2.05, 4.69) is 6.92 Å².